The van der Waals surface area contributed by atoms with Gasteiger partial charge in [-0.2, -0.15) is 0 Å². The monoisotopic (exact) mass is 672 g/mol. The molecule has 0 radical (unpaired) electrons. The van der Waals surface area contributed by atoms with E-state index in [4.69, 9.17) is 23.7 Å². The zero-order valence-corrected chi connectivity index (χ0v) is 29.4. The minimum absolute atomic E-state index is 0.263. The predicted molar refractivity (Wildman–Crippen MR) is 176 cm³/mol. The molecule has 3 bridgehead atoms. The van der Waals surface area contributed by atoms with Gasteiger partial charge in [0.1, 0.15) is 30.0 Å². The molecule has 3 aliphatic heterocycles. The number of Topliss-reactive ketones (excluding diaryl/α,β-unsaturated/α-hetero) is 1. The Hall–Kier alpha value is -1.92. The molecule has 6 rings (SSSR count). The zero-order chi connectivity index (χ0) is 34.7. The summed E-state index contributed by atoms with van der Waals surface area (Å²) in [5.74, 6) is -5.46. The third-order valence-electron chi connectivity index (χ3n) is 12.4. The number of fused-ring (bicyclic) bond motifs is 3. The third-order valence-corrected chi connectivity index (χ3v) is 12.4. The Kier molecular flexibility index (Phi) is 9.72. The summed E-state index contributed by atoms with van der Waals surface area (Å²) in [6.45, 7) is 12.4. The second-order valence-corrected chi connectivity index (χ2v) is 15.4. The van der Waals surface area contributed by atoms with Crippen LogP contribution in [-0.2, 0) is 33.3 Å². The lowest BCUT2D eigenvalue weighted by Crippen LogP contribution is -2.76. The van der Waals surface area contributed by atoms with Gasteiger partial charge in [0.25, 0.3) is 0 Å². The average molecular weight is 673 g/mol. The molecule has 0 amide bonds. The molecule has 3 N–H and O–H groups in total. The van der Waals surface area contributed by atoms with E-state index in [0.29, 0.717) is 5.57 Å². The Labute approximate surface area is 284 Å². The Morgan fingerprint density at radius 2 is 1.62 bits per heavy atom. The number of esters is 1. The lowest BCUT2D eigenvalue weighted by atomic mass is 9.53. The molecule has 0 aromatic rings. The molecule has 6 aliphatic rings. The first-order chi connectivity index (χ1) is 22.8. The van der Waals surface area contributed by atoms with Crippen molar-refractivity contribution in [3.05, 3.63) is 36.0 Å². The van der Waals surface area contributed by atoms with Gasteiger partial charge in [-0.1, -0.05) is 96.8 Å². The first kappa shape index (κ1) is 35.9. The van der Waals surface area contributed by atoms with Crippen LogP contribution in [0.15, 0.2) is 36.0 Å². The van der Waals surface area contributed by atoms with E-state index in [9.17, 15) is 24.9 Å². The number of aliphatic hydroxyl groups is 3. The van der Waals surface area contributed by atoms with E-state index < -0.39 is 88.9 Å². The van der Waals surface area contributed by atoms with Gasteiger partial charge in [0.15, 0.2) is 17.0 Å². The number of carbonyl (C=O) groups excluding carboxylic acids is 2. The Balaban J connectivity index is 1.28. The number of epoxide rings is 1. The molecule has 2 saturated carbocycles. The lowest BCUT2D eigenvalue weighted by molar-refractivity contribution is -0.407. The van der Waals surface area contributed by atoms with Gasteiger partial charge in [0.05, 0.1) is 12.2 Å². The SMILES string of the molecule is C=C(C)[C@@]12O[C@]3(/C=C/CCCCCCCCCCCCC)O[C@@H]1[C@@H]1[C@@H]4O[C@]4(CO)[C@@H](O)[C@]4(O)C(=O)C(C)=C[C@H]4[C@@]1(O3)[C@H](C)[C@H]2OC(C)=O. The number of aliphatic hydroxyl groups excluding tert-OH is 2. The number of allylic oxidation sites excluding steroid dienone is 1. The summed E-state index contributed by atoms with van der Waals surface area (Å²) < 4.78 is 32.8. The number of carbonyl (C=O) groups is 2. The third kappa shape index (κ3) is 5.07. The summed E-state index contributed by atoms with van der Waals surface area (Å²) in [5, 5.41) is 34.7. The number of ketones is 1. The minimum atomic E-state index is -2.37. The maximum Gasteiger partial charge on any atom is 0.306 e. The fourth-order valence-electron chi connectivity index (χ4n) is 9.96. The molecule has 48 heavy (non-hydrogen) atoms. The minimum Gasteiger partial charge on any atom is -0.459 e. The Morgan fingerprint density at radius 1 is 1.00 bits per heavy atom. The second kappa shape index (κ2) is 13.0. The van der Waals surface area contributed by atoms with Crippen LogP contribution in [0, 0.1) is 17.8 Å². The zero-order valence-electron chi connectivity index (χ0n) is 29.4. The Morgan fingerprint density at radius 3 is 2.21 bits per heavy atom. The van der Waals surface area contributed by atoms with E-state index in [0.717, 1.165) is 19.3 Å². The number of rotatable bonds is 16. The van der Waals surface area contributed by atoms with Crippen LogP contribution in [0.25, 0.3) is 0 Å². The maximum absolute atomic E-state index is 13.7. The van der Waals surface area contributed by atoms with Crippen molar-refractivity contribution < 1.29 is 48.6 Å². The van der Waals surface area contributed by atoms with Crippen molar-refractivity contribution in [2.75, 3.05) is 6.61 Å². The average Bonchev–Trinajstić information content (AvgIpc) is 3.67. The molecule has 268 valence electrons. The summed E-state index contributed by atoms with van der Waals surface area (Å²) >= 11 is 0. The van der Waals surface area contributed by atoms with Crippen molar-refractivity contribution in [1.29, 1.82) is 0 Å². The smallest absolute Gasteiger partial charge is 0.306 e. The van der Waals surface area contributed by atoms with E-state index in [1.54, 1.807) is 26.0 Å². The van der Waals surface area contributed by atoms with Crippen LogP contribution in [0.4, 0.5) is 0 Å². The standard InChI is InChI=1S/C38H56O10/c1-7-8-9-10-11-12-13-14-15-16-17-18-19-20-35-46-32-28-31-34(22-39,45-31)33(42)36(43)27(21-24(4)29(36)41)38(28,48-35)25(5)30(44-26(6)40)37(32,47-35)23(2)3/h19-21,25,27-28,30-33,39,42-43H,2,7-18,22H2,1,3-6H3/b20-19+/t25-,27-,28+,30-,31+,32-,33-,34+,35+,36-,37+,38+/m1/s1. The number of unbranched alkanes of at least 4 members (excludes halogenated alkanes) is 11. The highest BCUT2D eigenvalue weighted by Gasteiger charge is 2.90. The van der Waals surface area contributed by atoms with Crippen molar-refractivity contribution in [3.63, 3.8) is 0 Å². The van der Waals surface area contributed by atoms with Crippen LogP contribution < -0.4 is 0 Å². The molecule has 0 spiro atoms. The highest BCUT2D eigenvalue weighted by molar-refractivity contribution is 6.05. The van der Waals surface area contributed by atoms with E-state index in [2.05, 4.69) is 13.5 Å². The highest BCUT2D eigenvalue weighted by atomic mass is 16.9. The van der Waals surface area contributed by atoms with E-state index in [1.165, 1.54) is 64.7 Å². The molecular formula is C38H56O10. The number of hydrogen-bond acceptors (Lipinski definition) is 10. The van der Waals surface area contributed by atoms with Crippen molar-refractivity contribution >= 4 is 11.8 Å². The molecule has 0 aromatic heterocycles. The molecule has 3 saturated heterocycles. The quantitative estimate of drug-likeness (QED) is 0.0890. The van der Waals surface area contributed by atoms with Gasteiger partial charge in [0, 0.05) is 30.8 Å². The molecule has 0 unspecified atom stereocenters. The van der Waals surface area contributed by atoms with Crippen molar-refractivity contribution in [2.45, 2.75) is 164 Å². The number of ether oxygens (including phenoxy) is 5. The van der Waals surface area contributed by atoms with E-state index >= 15 is 0 Å². The van der Waals surface area contributed by atoms with Gasteiger partial charge in [-0.15, -0.1) is 0 Å². The van der Waals surface area contributed by atoms with E-state index in [-0.39, 0.29) is 5.57 Å². The molecule has 3 aliphatic carbocycles. The molecule has 3 heterocycles. The maximum atomic E-state index is 13.7. The molecule has 10 heteroatoms. The van der Waals surface area contributed by atoms with Gasteiger partial charge in [0.2, 0.25) is 0 Å². The molecular weight excluding hydrogens is 616 g/mol. The predicted octanol–water partition coefficient (Wildman–Crippen LogP) is 4.98. The fraction of sp³-hybridized carbons (Fsp3) is 0.789. The van der Waals surface area contributed by atoms with Gasteiger partial charge in [-0.05, 0) is 37.8 Å². The summed E-state index contributed by atoms with van der Waals surface area (Å²) in [6, 6.07) is 0. The van der Waals surface area contributed by atoms with Crippen molar-refractivity contribution in [3.8, 4) is 0 Å². The summed E-state index contributed by atoms with van der Waals surface area (Å²) in [6.07, 6.45) is 15.4. The van der Waals surface area contributed by atoms with Crippen LogP contribution in [0.1, 0.15) is 112 Å². The highest BCUT2D eigenvalue weighted by Crippen LogP contribution is 2.73. The van der Waals surface area contributed by atoms with Gasteiger partial charge in [-0.3, -0.25) is 9.59 Å². The summed E-state index contributed by atoms with van der Waals surface area (Å²) in [7, 11) is 0. The lowest BCUT2D eigenvalue weighted by Gasteiger charge is -2.61. The summed E-state index contributed by atoms with van der Waals surface area (Å²) in [4.78, 5) is 26.4. The van der Waals surface area contributed by atoms with Crippen LogP contribution in [0.5, 0.6) is 0 Å². The number of hydrogen-bond donors (Lipinski definition) is 3. The molecule has 5 fully saturated rings. The molecule has 0 aromatic carbocycles. The van der Waals surface area contributed by atoms with Crippen molar-refractivity contribution in [2.24, 2.45) is 17.8 Å². The normalized spacial score (nSPS) is 45.0. The topological polar surface area (TPSA) is 144 Å². The van der Waals surface area contributed by atoms with Crippen LogP contribution >= 0.6 is 0 Å². The van der Waals surface area contributed by atoms with Gasteiger partial charge < -0.3 is 39.0 Å². The van der Waals surface area contributed by atoms with Gasteiger partial charge in [-0.25, -0.2) is 0 Å². The van der Waals surface area contributed by atoms with Crippen LogP contribution in [-0.4, -0.2) is 86.5 Å². The first-order valence-corrected chi connectivity index (χ1v) is 18.3. The van der Waals surface area contributed by atoms with E-state index in [1.807, 2.05) is 13.0 Å². The van der Waals surface area contributed by atoms with Crippen LogP contribution in [0.3, 0.4) is 0 Å². The first-order valence-electron chi connectivity index (χ1n) is 18.3. The largest absolute Gasteiger partial charge is 0.459 e. The van der Waals surface area contributed by atoms with Gasteiger partial charge >= 0.3 is 11.9 Å². The molecule has 10 nitrogen and oxygen atoms in total. The second-order valence-electron chi connectivity index (χ2n) is 15.4. The molecule has 12 atom stereocenters. The fourth-order valence-corrected chi connectivity index (χ4v) is 9.96. The van der Waals surface area contributed by atoms with Crippen molar-refractivity contribution in [1.82, 2.24) is 0 Å². The van der Waals surface area contributed by atoms with Crippen LogP contribution in [0.2, 0.25) is 0 Å². The summed E-state index contributed by atoms with van der Waals surface area (Å²) in [5.41, 5.74) is -6.03. The Bertz CT molecular complexity index is 1340.